The predicted molar refractivity (Wildman–Crippen MR) is 165 cm³/mol. The Hall–Kier alpha value is -3.12. The summed E-state index contributed by atoms with van der Waals surface area (Å²) in [7, 11) is -4.29. The molecule has 0 aromatic heterocycles. The second-order valence-electron chi connectivity index (χ2n) is 11.1. The summed E-state index contributed by atoms with van der Waals surface area (Å²) in [5.41, 5.74) is 0.482. The minimum atomic E-state index is -4.84. The van der Waals surface area contributed by atoms with Gasteiger partial charge in [0.1, 0.15) is 18.0 Å². The van der Waals surface area contributed by atoms with E-state index in [9.17, 15) is 26.4 Å². The molecular weight excluding hydrogens is 655 g/mol. The number of nitrogens with zero attached hydrogens (tertiary/aromatic N) is 2. The van der Waals surface area contributed by atoms with Crippen molar-refractivity contribution in [1.82, 2.24) is 4.90 Å². The monoisotopic (exact) mass is 684 g/mol. The van der Waals surface area contributed by atoms with Crippen LogP contribution in [0.4, 0.5) is 23.2 Å². The third-order valence-corrected chi connectivity index (χ3v) is 10.6. The number of amides is 1. The summed E-state index contributed by atoms with van der Waals surface area (Å²) in [6.45, 7) is 2.83. The normalized spacial score (nSPS) is 21.4. The second kappa shape index (κ2) is 13.3. The summed E-state index contributed by atoms with van der Waals surface area (Å²) in [5, 5.41) is -0.183. The molecule has 1 saturated heterocycles. The van der Waals surface area contributed by atoms with Crippen molar-refractivity contribution in [2.75, 3.05) is 10.8 Å². The smallest absolute Gasteiger partial charge is 0.358 e. The van der Waals surface area contributed by atoms with E-state index in [1.807, 2.05) is 0 Å². The topological polar surface area (TPSA) is 66.9 Å². The summed E-state index contributed by atoms with van der Waals surface area (Å²) in [6, 6.07) is 14.8. The number of halogens is 6. The molecule has 45 heavy (non-hydrogen) atoms. The van der Waals surface area contributed by atoms with Gasteiger partial charge in [-0.15, -0.1) is 6.58 Å². The van der Waals surface area contributed by atoms with Crippen LogP contribution in [0.15, 0.2) is 85.5 Å². The largest absolute Gasteiger partial charge is 0.391 e. The van der Waals surface area contributed by atoms with Gasteiger partial charge in [-0.05, 0) is 60.4 Å². The molecule has 5 rings (SSSR count). The molecule has 0 N–H and O–H groups in total. The number of benzene rings is 3. The zero-order valence-corrected chi connectivity index (χ0v) is 26.2. The Bertz CT molecular complexity index is 1650. The maximum Gasteiger partial charge on any atom is 0.391 e. The van der Waals surface area contributed by atoms with Gasteiger partial charge in [0, 0.05) is 16.5 Å². The van der Waals surface area contributed by atoms with E-state index in [4.69, 9.17) is 27.9 Å². The van der Waals surface area contributed by atoms with Crippen LogP contribution in [0.1, 0.15) is 49.0 Å². The SMILES string of the molecule is C=CC[C@@H]1O[C@H](c2cccc(Cl)c2)[C@@H](c2ccc(Cl)cc2)N([C@@H](CN(c2ccccc2F)S(=O)(=O)C2CC2)CC(F)(F)F)C1=O. The van der Waals surface area contributed by atoms with E-state index in [-0.39, 0.29) is 6.42 Å². The Morgan fingerprint density at radius 2 is 1.69 bits per heavy atom. The lowest BCUT2D eigenvalue weighted by atomic mass is 9.89. The van der Waals surface area contributed by atoms with Crippen molar-refractivity contribution in [2.45, 2.75) is 61.4 Å². The molecule has 0 bridgehead atoms. The zero-order chi connectivity index (χ0) is 32.5. The van der Waals surface area contributed by atoms with Gasteiger partial charge in [0.05, 0.1) is 36.0 Å². The lowest BCUT2D eigenvalue weighted by Crippen LogP contribution is -2.58. The van der Waals surface area contributed by atoms with Crippen LogP contribution in [0.5, 0.6) is 0 Å². The summed E-state index contributed by atoms with van der Waals surface area (Å²) < 4.78 is 92.8. The van der Waals surface area contributed by atoms with E-state index in [0.29, 0.717) is 38.3 Å². The van der Waals surface area contributed by atoms with Crippen molar-refractivity contribution >= 4 is 44.8 Å². The molecule has 1 heterocycles. The molecule has 1 saturated carbocycles. The van der Waals surface area contributed by atoms with Crippen LogP contribution in [0, 0.1) is 5.82 Å². The number of hydrogen-bond acceptors (Lipinski definition) is 4. The van der Waals surface area contributed by atoms with Crippen LogP contribution < -0.4 is 4.31 Å². The molecule has 240 valence electrons. The summed E-state index contributed by atoms with van der Waals surface area (Å²) in [4.78, 5) is 15.3. The van der Waals surface area contributed by atoms with Crippen LogP contribution >= 0.6 is 23.2 Å². The van der Waals surface area contributed by atoms with E-state index >= 15 is 4.39 Å². The predicted octanol–water partition coefficient (Wildman–Crippen LogP) is 8.04. The van der Waals surface area contributed by atoms with Gasteiger partial charge in [0.25, 0.3) is 5.91 Å². The van der Waals surface area contributed by atoms with E-state index in [1.54, 1.807) is 36.4 Å². The Morgan fingerprint density at radius 1 is 1.00 bits per heavy atom. The number of ether oxygens (including phenoxy) is 1. The average Bonchev–Trinajstić information content (AvgIpc) is 3.83. The Kier molecular flexibility index (Phi) is 9.84. The molecule has 1 amide bonds. The average molecular weight is 686 g/mol. The Labute approximate surface area is 269 Å². The fourth-order valence-corrected chi connectivity index (χ4v) is 7.88. The molecular formula is C32H30Cl2F4N2O4S. The molecule has 1 aliphatic heterocycles. The number of alkyl halides is 3. The number of carbonyl (C=O) groups is 1. The van der Waals surface area contributed by atoms with Crippen LogP contribution in [0.25, 0.3) is 0 Å². The molecule has 0 radical (unpaired) electrons. The van der Waals surface area contributed by atoms with Crippen LogP contribution in [0.3, 0.4) is 0 Å². The first-order valence-corrected chi connectivity index (χ1v) is 16.5. The summed E-state index contributed by atoms with van der Waals surface area (Å²) in [6.07, 6.45) is -6.71. The van der Waals surface area contributed by atoms with E-state index < -0.39 is 76.1 Å². The van der Waals surface area contributed by atoms with E-state index in [1.165, 1.54) is 36.4 Å². The highest BCUT2D eigenvalue weighted by Crippen LogP contribution is 2.46. The molecule has 3 aromatic rings. The molecule has 2 fully saturated rings. The van der Waals surface area contributed by atoms with Crippen molar-refractivity contribution in [2.24, 2.45) is 0 Å². The number of anilines is 1. The fraction of sp³-hybridized carbons (Fsp3) is 0.344. The van der Waals surface area contributed by atoms with Crippen molar-refractivity contribution in [3.05, 3.63) is 112 Å². The van der Waals surface area contributed by atoms with Gasteiger partial charge >= 0.3 is 6.18 Å². The molecule has 0 spiro atoms. The van der Waals surface area contributed by atoms with Gasteiger partial charge in [0.2, 0.25) is 10.0 Å². The van der Waals surface area contributed by atoms with Gasteiger partial charge in [-0.2, -0.15) is 13.2 Å². The quantitative estimate of drug-likeness (QED) is 0.152. The highest BCUT2D eigenvalue weighted by atomic mass is 35.5. The number of morpholine rings is 1. The third kappa shape index (κ3) is 7.48. The molecule has 3 aromatic carbocycles. The van der Waals surface area contributed by atoms with Crippen molar-refractivity contribution in [3.8, 4) is 0 Å². The minimum Gasteiger partial charge on any atom is -0.358 e. The number of hydrogen-bond donors (Lipinski definition) is 0. The third-order valence-electron chi connectivity index (χ3n) is 7.81. The maximum absolute atomic E-state index is 15.2. The zero-order valence-electron chi connectivity index (χ0n) is 23.8. The number of rotatable bonds is 11. The minimum absolute atomic E-state index is 0.0319. The van der Waals surface area contributed by atoms with Gasteiger partial charge in [0.15, 0.2) is 0 Å². The van der Waals surface area contributed by atoms with Crippen LogP contribution in [-0.2, 0) is 19.6 Å². The first-order chi connectivity index (χ1) is 21.3. The lowest BCUT2D eigenvalue weighted by molar-refractivity contribution is -0.189. The lowest BCUT2D eigenvalue weighted by Gasteiger charge is -2.49. The Morgan fingerprint density at radius 3 is 2.29 bits per heavy atom. The maximum atomic E-state index is 15.2. The fourth-order valence-electron chi connectivity index (χ4n) is 5.66. The first-order valence-electron chi connectivity index (χ1n) is 14.2. The molecule has 1 aliphatic carbocycles. The summed E-state index contributed by atoms with van der Waals surface area (Å²) in [5.74, 6) is -1.71. The standard InChI is InChI=1S/C32H30Cl2F4N2O4S/c1-2-6-28-31(41)40(29(20-11-13-22(33)14-12-20)30(44-28)21-7-5-8-23(34)17-21)24(18-32(36,37)38)19-39(45(42,43)25-15-16-25)27-10-4-3-9-26(27)35/h2-5,7-14,17,24-25,28-30H,1,6,15-16,18-19H2/t24-,28+,29-,30-/m1/s1. The Balaban J connectivity index is 1.71. The van der Waals surface area contributed by atoms with Crippen molar-refractivity contribution < 1.29 is 35.5 Å². The summed E-state index contributed by atoms with van der Waals surface area (Å²) >= 11 is 12.4. The van der Waals surface area contributed by atoms with Crippen molar-refractivity contribution in [1.29, 1.82) is 0 Å². The molecule has 6 nitrogen and oxygen atoms in total. The highest BCUT2D eigenvalue weighted by molar-refractivity contribution is 7.93. The van der Waals surface area contributed by atoms with Crippen molar-refractivity contribution in [3.63, 3.8) is 0 Å². The van der Waals surface area contributed by atoms with Gasteiger partial charge in [-0.3, -0.25) is 9.10 Å². The number of para-hydroxylation sites is 1. The van der Waals surface area contributed by atoms with Gasteiger partial charge < -0.3 is 9.64 Å². The first kappa shape index (κ1) is 33.2. The van der Waals surface area contributed by atoms with E-state index in [2.05, 4.69) is 6.58 Å². The molecule has 13 heteroatoms. The number of sulfonamides is 1. The molecule has 2 aliphatic rings. The highest BCUT2D eigenvalue weighted by Gasteiger charge is 2.51. The van der Waals surface area contributed by atoms with Crippen LogP contribution in [-0.4, -0.2) is 49.3 Å². The van der Waals surface area contributed by atoms with E-state index in [0.717, 1.165) is 11.0 Å². The number of carbonyl (C=O) groups excluding carboxylic acids is 1. The van der Waals surface area contributed by atoms with Gasteiger partial charge in [-0.1, -0.05) is 65.7 Å². The van der Waals surface area contributed by atoms with Gasteiger partial charge in [-0.25, -0.2) is 12.8 Å². The second-order valence-corrected chi connectivity index (χ2v) is 14.1. The molecule has 4 atom stereocenters. The molecule has 0 unspecified atom stereocenters. The van der Waals surface area contributed by atoms with Crippen LogP contribution in [0.2, 0.25) is 10.0 Å².